The van der Waals surface area contributed by atoms with Crippen molar-refractivity contribution in [2.45, 2.75) is 32.1 Å². The van der Waals surface area contributed by atoms with Crippen LogP contribution in [-0.2, 0) is 6.42 Å². The molecule has 0 unspecified atom stereocenters. The monoisotopic (exact) mass is 358 g/mol. The lowest BCUT2D eigenvalue weighted by Gasteiger charge is -2.42. The minimum absolute atomic E-state index is 0.385. The van der Waals surface area contributed by atoms with E-state index in [4.69, 9.17) is 0 Å². The summed E-state index contributed by atoms with van der Waals surface area (Å²) >= 11 is 3.34. The summed E-state index contributed by atoms with van der Waals surface area (Å²) in [6, 6.07) is 4.33. The van der Waals surface area contributed by atoms with E-state index in [9.17, 15) is 0 Å². The number of pyridine rings is 1. The smallest absolute Gasteiger partial charge is 0.147 e. The van der Waals surface area contributed by atoms with Gasteiger partial charge in [0, 0.05) is 25.0 Å². The molecule has 0 N–H and O–H groups in total. The highest BCUT2D eigenvalue weighted by Gasteiger charge is 2.45. The van der Waals surface area contributed by atoms with Gasteiger partial charge in [0.2, 0.25) is 0 Å². The van der Waals surface area contributed by atoms with Crippen LogP contribution in [0.2, 0.25) is 0 Å². The minimum Gasteiger partial charge on any atom is -0.355 e. The lowest BCUT2D eigenvalue weighted by atomic mass is 9.70. The second kappa shape index (κ2) is 5.30. The summed E-state index contributed by atoms with van der Waals surface area (Å²) < 4.78 is 0.788. The average Bonchev–Trinajstić information content (AvgIpc) is 2.82. The van der Waals surface area contributed by atoms with Gasteiger partial charge < -0.3 is 4.90 Å². The molecule has 1 aliphatic heterocycles. The number of halogens is 1. The van der Waals surface area contributed by atoms with Crippen molar-refractivity contribution in [1.82, 2.24) is 15.0 Å². The molecule has 0 saturated carbocycles. The van der Waals surface area contributed by atoms with Crippen LogP contribution in [0.4, 0.5) is 5.82 Å². The first-order chi connectivity index (χ1) is 10.7. The molecule has 4 rings (SSSR count). The Morgan fingerprint density at radius 1 is 1.18 bits per heavy atom. The largest absolute Gasteiger partial charge is 0.355 e. The SMILES string of the molecule is C[C@@H]1c2cccnc2CC12CCN(c1cnc(Br)cn1)CC2. The predicted octanol–water partition coefficient (Wildman–Crippen LogP) is 3.58. The highest BCUT2D eigenvalue weighted by molar-refractivity contribution is 9.10. The van der Waals surface area contributed by atoms with Crippen molar-refractivity contribution in [1.29, 1.82) is 0 Å². The van der Waals surface area contributed by atoms with Crippen LogP contribution in [0.1, 0.15) is 36.9 Å². The summed E-state index contributed by atoms with van der Waals surface area (Å²) in [5, 5.41) is 0. The van der Waals surface area contributed by atoms with E-state index in [1.807, 2.05) is 12.4 Å². The molecule has 2 aromatic rings. The summed E-state index contributed by atoms with van der Waals surface area (Å²) in [5.74, 6) is 1.59. The van der Waals surface area contributed by atoms with E-state index < -0.39 is 0 Å². The maximum absolute atomic E-state index is 4.60. The Hall–Kier alpha value is -1.49. The highest BCUT2D eigenvalue weighted by Crippen LogP contribution is 2.52. The second-order valence-electron chi connectivity index (χ2n) is 6.48. The van der Waals surface area contributed by atoms with Crippen molar-refractivity contribution in [2.24, 2.45) is 5.41 Å². The van der Waals surface area contributed by atoms with Crippen molar-refractivity contribution in [3.05, 3.63) is 46.6 Å². The van der Waals surface area contributed by atoms with E-state index in [-0.39, 0.29) is 0 Å². The maximum Gasteiger partial charge on any atom is 0.147 e. The number of anilines is 1. The van der Waals surface area contributed by atoms with Crippen molar-refractivity contribution < 1.29 is 0 Å². The maximum atomic E-state index is 4.60. The molecule has 1 fully saturated rings. The fraction of sp³-hybridized carbons (Fsp3) is 0.471. The molecule has 4 nitrogen and oxygen atoms in total. The van der Waals surface area contributed by atoms with Gasteiger partial charge in [-0.15, -0.1) is 0 Å². The van der Waals surface area contributed by atoms with Crippen LogP contribution in [0.3, 0.4) is 0 Å². The molecule has 22 heavy (non-hydrogen) atoms. The quantitative estimate of drug-likeness (QED) is 0.781. The Balaban J connectivity index is 1.52. The standard InChI is InChI=1S/C17H19BrN4/c1-12-13-3-2-6-19-14(13)9-17(12)4-7-22(8-5-17)16-11-20-15(18)10-21-16/h2-3,6,10-12H,4-5,7-9H2,1H3/t12-/m1/s1. The Kier molecular flexibility index (Phi) is 3.40. The van der Waals surface area contributed by atoms with Gasteiger partial charge >= 0.3 is 0 Å². The number of piperidine rings is 1. The number of hydrogen-bond acceptors (Lipinski definition) is 4. The van der Waals surface area contributed by atoms with Crippen LogP contribution in [0.25, 0.3) is 0 Å². The van der Waals surface area contributed by atoms with Gasteiger partial charge in [-0.05, 0) is 58.2 Å². The number of rotatable bonds is 1. The molecule has 2 aliphatic rings. The van der Waals surface area contributed by atoms with Gasteiger partial charge in [-0.25, -0.2) is 9.97 Å². The molecule has 0 aromatic carbocycles. The van der Waals surface area contributed by atoms with E-state index in [0.717, 1.165) is 29.9 Å². The van der Waals surface area contributed by atoms with Crippen LogP contribution in [-0.4, -0.2) is 28.0 Å². The van der Waals surface area contributed by atoms with Crippen LogP contribution in [0.15, 0.2) is 35.3 Å². The fourth-order valence-electron chi connectivity index (χ4n) is 4.07. The van der Waals surface area contributed by atoms with E-state index in [0.29, 0.717) is 11.3 Å². The van der Waals surface area contributed by atoms with Gasteiger partial charge in [-0.2, -0.15) is 0 Å². The van der Waals surface area contributed by atoms with Crippen molar-refractivity contribution in [3.63, 3.8) is 0 Å². The first kappa shape index (κ1) is 14.1. The topological polar surface area (TPSA) is 41.9 Å². The van der Waals surface area contributed by atoms with Crippen molar-refractivity contribution >= 4 is 21.7 Å². The molecule has 1 aliphatic carbocycles. The summed E-state index contributed by atoms with van der Waals surface area (Å²) in [6.07, 6.45) is 9.08. The zero-order chi connectivity index (χ0) is 15.2. The Labute approximate surface area is 139 Å². The minimum atomic E-state index is 0.385. The predicted molar refractivity (Wildman–Crippen MR) is 90.0 cm³/mol. The first-order valence-electron chi connectivity index (χ1n) is 7.84. The number of hydrogen-bond donors (Lipinski definition) is 0. The van der Waals surface area contributed by atoms with Gasteiger partial charge in [-0.3, -0.25) is 4.98 Å². The van der Waals surface area contributed by atoms with E-state index in [2.05, 4.69) is 54.8 Å². The third-order valence-corrected chi connectivity index (χ3v) is 5.93. The second-order valence-corrected chi connectivity index (χ2v) is 7.30. The van der Waals surface area contributed by atoms with Crippen LogP contribution in [0.5, 0.6) is 0 Å². The molecule has 2 aromatic heterocycles. The lowest BCUT2D eigenvalue weighted by molar-refractivity contribution is 0.193. The molecule has 1 saturated heterocycles. The van der Waals surface area contributed by atoms with Gasteiger partial charge in [0.05, 0.1) is 12.4 Å². The molecule has 0 bridgehead atoms. The molecule has 1 atom stereocenters. The molecule has 1 spiro atoms. The van der Waals surface area contributed by atoms with Gasteiger partial charge in [0.15, 0.2) is 0 Å². The van der Waals surface area contributed by atoms with Crippen molar-refractivity contribution in [3.8, 4) is 0 Å². The van der Waals surface area contributed by atoms with E-state index in [1.54, 1.807) is 6.20 Å². The molecular formula is C17H19BrN4. The van der Waals surface area contributed by atoms with E-state index >= 15 is 0 Å². The van der Waals surface area contributed by atoms with Gasteiger partial charge in [0.1, 0.15) is 10.4 Å². The number of nitrogens with zero attached hydrogens (tertiary/aromatic N) is 4. The third kappa shape index (κ3) is 2.22. The molecule has 5 heteroatoms. The molecule has 0 amide bonds. The summed E-state index contributed by atoms with van der Waals surface area (Å²) in [4.78, 5) is 15.7. The third-order valence-electron chi connectivity index (χ3n) is 5.52. The van der Waals surface area contributed by atoms with Crippen LogP contribution < -0.4 is 4.90 Å². The summed E-state index contributed by atoms with van der Waals surface area (Å²) in [6.45, 7) is 4.48. The van der Waals surface area contributed by atoms with Gasteiger partial charge in [0.25, 0.3) is 0 Å². The molecule has 3 heterocycles. The Bertz CT molecular complexity index is 677. The van der Waals surface area contributed by atoms with Crippen LogP contribution >= 0.6 is 15.9 Å². The zero-order valence-corrected chi connectivity index (χ0v) is 14.3. The Morgan fingerprint density at radius 3 is 2.68 bits per heavy atom. The van der Waals surface area contributed by atoms with E-state index in [1.165, 1.54) is 24.1 Å². The summed E-state index contributed by atoms with van der Waals surface area (Å²) in [7, 11) is 0. The number of aromatic nitrogens is 3. The zero-order valence-electron chi connectivity index (χ0n) is 12.7. The Morgan fingerprint density at radius 2 is 2.00 bits per heavy atom. The normalized spacial score (nSPS) is 22.8. The van der Waals surface area contributed by atoms with Crippen molar-refractivity contribution in [2.75, 3.05) is 18.0 Å². The van der Waals surface area contributed by atoms with Gasteiger partial charge in [-0.1, -0.05) is 13.0 Å². The summed E-state index contributed by atoms with van der Waals surface area (Å²) in [5.41, 5.74) is 3.15. The average molecular weight is 359 g/mol. The highest BCUT2D eigenvalue weighted by atomic mass is 79.9. The fourth-order valence-corrected chi connectivity index (χ4v) is 4.27. The first-order valence-corrected chi connectivity index (χ1v) is 8.64. The molecule has 114 valence electrons. The number of fused-ring (bicyclic) bond motifs is 1. The molecular weight excluding hydrogens is 340 g/mol. The lowest BCUT2D eigenvalue weighted by Crippen LogP contribution is -2.42. The molecule has 0 radical (unpaired) electrons. The van der Waals surface area contributed by atoms with Crippen LogP contribution in [0, 0.1) is 5.41 Å².